The van der Waals surface area contributed by atoms with Crippen molar-refractivity contribution >= 4 is 17.2 Å². The Morgan fingerprint density at radius 2 is 1.97 bits per heavy atom. The molecule has 0 fully saturated rings. The van der Waals surface area contributed by atoms with E-state index < -0.39 is 35.0 Å². The number of nitrogens with zero attached hydrogens (tertiary/aromatic N) is 1. The second-order valence-electron chi connectivity index (χ2n) is 5.98. The number of carbonyl (C=O) groups excluding carboxylic acids is 1. The van der Waals surface area contributed by atoms with Crippen molar-refractivity contribution in [3.05, 3.63) is 75.2 Å². The van der Waals surface area contributed by atoms with Gasteiger partial charge < -0.3 is 20.3 Å². The quantitative estimate of drug-likeness (QED) is 0.587. The summed E-state index contributed by atoms with van der Waals surface area (Å²) in [5, 5.41) is 12.2. The molecule has 1 aromatic heterocycles. The van der Waals surface area contributed by atoms with Gasteiger partial charge in [0.05, 0.1) is 7.11 Å². The number of halogens is 2. The first-order valence-electron chi connectivity index (χ1n) is 8.59. The summed E-state index contributed by atoms with van der Waals surface area (Å²) >= 11 is 1.16. The number of methoxy groups -OCH3 is 1. The highest BCUT2D eigenvalue weighted by Gasteiger charge is 2.20. The lowest BCUT2D eigenvalue weighted by molar-refractivity contribution is 0.0982. The van der Waals surface area contributed by atoms with Crippen LogP contribution in [0.2, 0.25) is 0 Å². The summed E-state index contributed by atoms with van der Waals surface area (Å²) < 4.78 is 37.9. The number of hydrogen-bond acceptors (Lipinski definition) is 6. The van der Waals surface area contributed by atoms with Crippen molar-refractivity contribution in [2.45, 2.75) is 6.10 Å². The lowest BCUT2D eigenvalue weighted by Gasteiger charge is -2.12. The number of primary amides is 1. The molecule has 0 saturated heterocycles. The Kier molecular flexibility index (Phi) is 6.61. The normalized spacial score (nSPS) is 11.3. The molecule has 2 aromatic carbocycles. The number of rotatable bonds is 6. The van der Waals surface area contributed by atoms with E-state index in [1.807, 2.05) is 0 Å². The predicted molar refractivity (Wildman–Crippen MR) is 106 cm³/mol. The van der Waals surface area contributed by atoms with Crippen LogP contribution in [0.15, 0.2) is 41.8 Å². The van der Waals surface area contributed by atoms with Gasteiger partial charge in [0.15, 0.2) is 11.6 Å². The number of amides is 1. The van der Waals surface area contributed by atoms with E-state index in [1.165, 1.54) is 0 Å². The smallest absolute Gasteiger partial charge is 0.254 e. The number of thiazole rings is 1. The molecule has 0 aliphatic heterocycles. The molecule has 1 unspecified atom stereocenters. The average Bonchev–Trinajstić information content (AvgIpc) is 3.21. The van der Waals surface area contributed by atoms with Crippen LogP contribution in [0, 0.1) is 23.5 Å². The number of ether oxygens (including phenoxy) is 2. The zero-order valence-corrected chi connectivity index (χ0v) is 16.5. The fourth-order valence-corrected chi connectivity index (χ4v) is 3.14. The summed E-state index contributed by atoms with van der Waals surface area (Å²) in [5.41, 5.74) is 5.29. The standard InChI is InChI=1S/C21H16F2N2O4S/c1-28-14-6-3-12(4-7-14)2-5-13-11-30-21(25-13)16(26)10-29-17-9-8-15(22)18(19(17)23)20(24)27/h3-4,6-9,11,16,26H,10H2,1H3,(H2,24,27). The van der Waals surface area contributed by atoms with Gasteiger partial charge in [-0.3, -0.25) is 4.79 Å². The maximum atomic E-state index is 14.2. The molecule has 3 N–H and O–H groups in total. The van der Waals surface area contributed by atoms with Gasteiger partial charge in [0, 0.05) is 10.9 Å². The highest BCUT2D eigenvalue weighted by atomic mass is 32.1. The van der Waals surface area contributed by atoms with Gasteiger partial charge in [-0.15, -0.1) is 11.3 Å². The van der Waals surface area contributed by atoms with Gasteiger partial charge >= 0.3 is 0 Å². The summed E-state index contributed by atoms with van der Waals surface area (Å²) in [6.07, 6.45) is -1.17. The Labute approximate surface area is 174 Å². The summed E-state index contributed by atoms with van der Waals surface area (Å²) in [7, 11) is 1.58. The topological polar surface area (TPSA) is 94.7 Å². The molecule has 9 heteroatoms. The van der Waals surface area contributed by atoms with E-state index in [9.17, 15) is 18.7 Å². The number of nitrogens with two attached hydrogens (primary N) is 1. The molecular formula is C21H16F2N2O4S. The Morgan fingerprint density at radius 1 is 1.23 bits per heavy atom. The van der Waals surface area contributed by atoms with Gasteiger partial charge in [-0.1, -0.05) is 5.92 Å². The van der Waals surface area contributed by atoms with Crippen molar-refractivity contribution in [2.75, 3.05) is 13.7 Å². The van der Waals surface area contributed by atoms with E-state index in [4.69, 9.17) is 15.2 Å². The lowest BCUT2D eigenvalue weighted by atomic mass is 10.1. The number of carbonyl (C=O) groups is 1. The second kappa shape index (κ2) is 9.35. The lowest BCUT2D eigenvalue weighted by Crippen LogP contribution is -2.17. The Morgan fingerprint density at radius 3 is 2.63 bits per heavy atom. The minimum absolute atomic E-state index is 0.312. The van der Waals surface area contributed by atoms with Crippen LogP contribution >= 0.6 is 11.3 Å². The number of benzene rings is 2. The maximum Gasteiger partial charge on any atom is 0.254 e. The van der Waals surface area contributed by atoms with Crippen LogP contribution in [-0.4, -0.2) is 29.7 Å². The molecule has 0 aliphatic carbocycles. The maximum absolute atomic E-state index is 14.2. The third kappa shape index (κ3) is 4.92. The molecule has 1 atom stereocenters. The largest absolute Gasteiger partial charge is 0.497 e. The number of aromatic nitrogens is 1. The third-order valence-corrected chi connectivity index (χ3v) is 4.88. The van der Waals surface area contributed by atoms with Gasteiger partial charge in [-0.25, -0.2) is 13.8 Å². The van der Waals surface area contributed by atoms with E-state index in [0.717, 1.165) is 34.8 Å². The van der Waals surface area contributed by atoms with E-state index >= 15 is 0 Å². The molecule has 3 aromatic rings. The SMILES string of the molecule is COc1ccc(C#Cc2csc(C(O)COc3ccc(F)c(C(N)=O)c3F)n2)cc1. The van der Waals surface area contributed by atoms with Crippen molar-refractivity contribution in [2.24, 2.45) is 5.73 Å². The molecule has 0 aliphatic rings. The third-order valence-electron chi connectivity index (χ3n) is 3.93. The van der Waals surface area contributed by atoms with Gasteiger partial charge in [-0.2, -0.15) is 0 Å². The monoisotopic (exact) mass is 430 g/mol. The predicted octanol–water partition coefficient (Wildman–Crippen LogP) is 3.04. The molecule has 0 spiro atoms. The Hall–Kier alpha value is -3.48. The first-order valence-corrected chi connectivity index (χ1v) is 9.47. The van der Waals surface area contributed by atoms with E-state index in [0.29, 0.717) is 10.7 Å². The van der Waals surface area contributed by atoms with E-state index in [-0.39, 0.29) is 6.61 Å². The first kappa shape index (κ1) is 21.2. The molecular weight excluding hydrogens is 414 g/mol. The highest BCUT2D eigenvalue weighted by molar-refractivity contribution is 7.09. The Bertz CT molecular complexity index is 1120. The van der Waals surface area contributed by atoms with Crippen LogP contribution in [0.5, 0.6) is 11.5 Å². The van der Waals surface area contributed by atoms with Crippen molar-refractivity contribution < 1.29 is 28.2 Å². The van der Waals surface area contributed by atoms with Crippen molar-refractivity contribution in [1.29, 1.82) is 0 Å². The van der Waals surface area contributed by atoms with E-state index in [1.54, 1.807) is 36.8 Å². The van der Waals surface area contributed by atoms with Crippen LogP contribution in [0.3, 0.4) is 0 Å². The molecule has 1 heterocycles. The highest BCUT2D eigenvalue weighted by Crippen LogP contribution is 2.25. The van der Waals surface area contributed by atoms with E-state index in [2.05, 4.69) is 16.8 Å². The number of aliphatic hydroxyl groups excluding tert-OH is 1. The van der Waals surface area contributed by atoms with Gasteiger partial charge in [0.25, 0.3) is 5.91 Å². The van der Waals surface area contributed by atoms with Crippen LogP contribution in [0.4, 0.5) is 8.78 Å². The molecule has 154 valence electrons. The molecule has 1 amide bonds. The molecule has 3 rings (SSSR count). The van der Waals surface area contributed by atoms with Crippen molar-refractivity contribution in [1.82, 2.24) is 4.98 Å². The summed E-state index contributed by atoms with van der Waals surface area (Å²) in [6, 6.07) is 9.06. The van der Waals surface area contributed by atoms with Crippen LogP contribution in [0.1, 0.15) is 32.7 Å². The fraction of sp³-hybridized carbons (Fsp3) is 0.143. The fourth-order valence-electron chi connectivity index (χ4n) is 2.42. The molecule has 0 saturated carbocycles. The Balaban J connectivity index is 1.66. The van der Waals surface area contributed by atoms with Crippen LogP contribution < -0.4 is 15.2 Å². The first-order chi connectivity index (χ1) is 14.4. The van der Waals surface area contributed by atoms with Crippen LogP contribution in [0.25, 0.3) is 0 Å². The summed E-state index contributed by atoms with van der Waals surface area (Å²) in [6.45, 7) is -0.361. The minimum Gasteiger partial charge on any atom is -0.497 e. The minimum atomic E-state index is -1.25. The molecule has 6 nitrogen and oxygen atoms in total. The van der Waals surface area contributed by atoms with Crippen LogP contribution in [-0.2, 0) is 0 Å². The zero-order chi connectivity index (χ0) is 21.7. The zero-order valence-electron chi connectivity index (χ0n) is 15.7. The van der Waals surface area contributed by atoms with Crippen molar-refractivity contribution in [3.63, 3.8) is 0 Å². The number of aliphatic hydroxyl groups is 1. The summed E-state index contributed by atoms with van der Waals surface area (Å²) in [5.74, 6) is 2.59. The number of hydrogen-bond donors (Lipinski definition) is 2. The molecule has 30 heavy (non-hydrogen) atoms. The molecule has 0 bridgehead atoms. The van der Waals surface area contributed by atoms with Gasteiger partial charge in [0.1, 0.15) is 40.5 Å². The average molecular weight is 430 g/mol. The van der Waals surface area contributed by atoms with Gasteiger partial charge in [0.2, 0.25) is 0 Å². The van der Waals surface area contributed by atoms with Crippen molar-refractivity contribution in [3.8, 4) is 23.3 Å². The van der Waals surface area contributed by atoms with Gasteiger partial charge in [-0.05, 0) is 42.3 Å². The summed E-state index contributed by atoms with van der Waals surface area (Å²) in [4.78, 5) is 15.4. The second-order valence-corrected chi connectivity index (χ2v) is 6.86. The molecule has 0 radical (unpaired) electrons.